The maximum Gasteiger partial charge on any atom is 0.435 e. The summed E-state index contributed by atoms with van der Waals surface area (Å²) in [6, 6.07) is 0.165. The molecule has 0 unspecified atom stereocenters. The molecule has 0 bridgehead atoms. The van der Waals surface area contributed by atoms with Crippen LogP contribution in [0.4, 0.5) is 13.2 Å². The third kappa shape index (κ3) is 3.50. The summed E-state index contributed by atoms with van der Waals surface area (Å²) in [6.07, 6.45) is -0.409. The van der Waals surface area contributed by atoms with Crippen LogP contribution in [0, 0.1) is 0 Å². The standard InChI is InChI=1S/C16H21F3N4O2/c1-21-12(10-13(20-21)16(17,18)19)15(25)23-9-5-6-11(23)14(24)22-7-3-2-4-8-22/h10-11H,2-9H2,1H3/t11-/m0/s1. The summed E-state index contributed by atoms with van der Waals surface area (Å²) in [5.74, 6) is -0.665. The Bertz CT molecular complexity index is 665. The van der Waals surface area contributed by atoms with E-state index in [1.54, 1.807) is 4.90 Å². The smallest absolute Gasteiger partial charge is 0.341 e. The van der Waals surface area contributed by atoms with Gasteiger partial charge in [0.25, 0.3) is 5.91 Å². The molecule has 3 rings (SSSR count). The number of carbonyl (C=O) groups excluding carboxylic acids is 2. The van der Waals surface area contributed by atoms with E-state index < -0.39 is 23.8 Å². The lowest BCUT2D eigenvalue weighted by molar-refractivity contribution is -0.141. The Kier molecular flexibility index (Phi) is 4.75. The Morgan fingerprint density at radius 3 is 2.40 bits per heavy atom. The minimum atomic E-state index is -4.61. The fraction of sp³-hybridized carbons (Fsp3) is 0.688. The Balaban J connectivity index is 1.79. The maximum atomic E-state index is 12.8. The van der Waals surface area contributed by atoms with Crippen LogP contribution in [0.2, 0.25) is 0 Å². The first-order chi connectivity index (χ1) is 11.8. The van der Waals surface area contributed by atoms with E-state index in [4.69, 9.17) is 0 Å². The summed E-state index contributed by atoms with van der Waals surface area (Å²) in [4.78, 5) is 28.6. The van der Waals surface area contributed by atoms with Crippen LogP contribution in [-0.2, 0) is 18.0 Å². The van der Waals surface area contributed by atoms with Crippen LogP contribution in [0.1, 0.15) is 48.3 Å². The molecule has 2 fully saturated rings. The lowest BCUT2D eigenvalue weighted by atomic mass is 10.1. The molecule has 3 heterocycles. The maximum absolute atomic E-state index is 12.8. The molecule has 0 spiro atoms. The number of aromatic nitrogens is 2. The van der Waals surface area contributed by atoms with Crippen LogP contribution in [0.25, 0.3) is 0 Å². The highest BCUT2D eigenvalue weighted by molar-refractivity contribution is 5.97. The molecule has 2 aliphatic rings. The summed E-state index contributed by atoms with van der Waals surface area (Å²) in [5, 5.41) is 3.38. The van der Waals surface area contributed by atoms with Gasteiger partial charge in [0.05, 0.1) is 0 Å². The molecule has 25 heavy (non-hydrogen) atoms. The summed E-state index contributed by atoms with van der Waals surface area (Å²) < 4.78 is 39.4. The van der Waals surface area contributed by atoms with Gasteiger partial charge >= 0.3 is 6.18 Å². The normalized spacial score (nSPS) is 21.7. The molecular formula is C16H21F3N4O2. The van der Waals surface area contributed by atoms with E-state index in [9.17, 15) is 22.8 Å². The Morgan fingerprint density at radius 1 is 1.12 bits per heavy atom. The van der Waals surface area contributed by atoms with Gasteiger partial charge in [-0.1, -0.05) is 0 Å². The molecule has 0 radical (unpaired) electrons. The van der Waals surface area contributed by atoms with Gasteiger partial charge in [-0.3, -0.25) is 14.3 Å². The number of alkyl halides is 3. The molecule has 2 amide bonds. The second-order valence-electron chi connectivity index (χ2n) is 6.58. The van der Waals surface area contributed by atoms with E-state index in [-0.39, 0.29) is 11.6 Å². The van der Waals surface area contributed by atoms with Gasteiger partial charge in [-0.05, 0) is 32.1 Å². The fourth-order valence-corrected chi connectivity index (χ4v) is 3.54. The molecule has 6 nitrogen and oxygen atoms in total. The molecule has 138 valence electrons. The van der Waals surface area contributed by atoms with E-state index in [1.807, 2.05) is 0 Å². The minimum Gasteiger partial charge on any atom is -0.341 e. The second-order valence-corrected chi connectivity index (χ2v) is 6.58. The summed E-state index contributed by atoms with van der Waals surface area (Å²) in [5.41, 5.74) is -1.25. The first kappa shape index (κ1) is 17.8. The number of amides is 2. The van der Waals surface area contributed by atoms with Crippen molar-refractivity contribution in [2.45, 2.75) is 44.3 Å². The average molecular weight is 358 g/mol. The number of hydrogen-bond acceptors (Lipinski definition) is 3. The van der Waals surface area contributed by atoms with Crippen LogP contribution >= 0.6 is 0 Å². The zero-order chi connectivity index (χ0) is 18.2. The van der Waals surface area contributed by atoms with Crippen molar-refractivity contribution in [3.8, 4) is 0 Å². The van der Waals surface area contributed by atoms with Gasteiger partial charge in [-0.25, -0.2) is 0 Å². The predicted molar refractivity (Wildman–Crippen MR) is 82.7 cm³/mol. The number of hydrogen-bond donors (Lipinski definition) is 0. The lowest BCUT2D eigenvalue weighted by Gasteiger charge is -2.32. The van der Waals surface area contributed by atoms with Crippen molar-refractivity contribution in [1.82, 2.24) is 19.6 Å². The van der Waals surface area contributed by atoms with E-state index in [0.717, 1.165) is 30.0 Å². The number of halogens is 3. The van der Waals surface area contributed by atoms with Crippen molar-refractivity contribution < 1.29 is 22.8 Å². The average Bonchev–Trinajstić information content (AvgIpc) is 3.20. The first-order valence-electron chi connectivity index (χ1n) is 8.50. The lowest BCUT2D eigenvalue weighted by Crippen LogP contribution is -2.49. The number of carbonyl (C=O) groups is 2. The SMILES string of the molecule is Cn1nc(C(F)(F)F)cc1C(=O)N1CCC[C@H]1C(=O)N1CCCCC1. The van der Waals surface area contributed by atoms with Gasteiger partial charge in [0.15, 0.2) is 5.69 Å². The second kappa shape index (κ2) is 6.68. The highest BCUT2D eigenvalue weighted by Gasteiger charge is 2.40. The Labute approximate surface area is 143 Å². The fourth-order valence-electron chi connectivity index (χ4n) is 3.54. The van der Waals surface area contributed by atoms with Crippen molar-refractivity contribution in [2.75, 3.05) is 19.6 Å². The van der Waals surface area contributed by atoms with Gasteiger partial charge in [-0.2, -0.15) is 18.3 Å². The van der Waals surface area contributed by atoms with Crippen molar-refractivity contribution in [3.63, 3.8) is 0 Å². The molecule has 1 atom stereocenters. The molecule has 2 aliphatic heterocycles. The molecular weight excluding hydrogens is 337 g/mol. The molecule has 2 saturated heterocycles. The summed E-state index contributed by atoms with van der Waals surface area (Å²) in [6.45, 7) is 1.73. The molecule has 0 saturated carbocycles. The predicted octanol–water partition coefficient (Wildman–Crippen LogP) is 2.06. The first-order valence-corrected chi connectivity index (χ1v) is 8.50. The topological polar surface area (TPSA) is 58.4 Å². The molecule has 9 heteroatoms. The van der Waals surface area contributed by atoms with Gasteiger partial charge in [-0.15, -0.1) is 0 Å². The highest BCUT2D eigenvalue weighted by Crippen LogP contribution is 2.30. The van der Waals surface area contributed by atoms with E-state index >= 15 is 0 Å². The summed E-state index contributed by atoms with van der Waals surface area (Å²) >= 11 is 0. The van der Waals surface area contributed by atoms with Gasteiger partial charge in [0.2, 0.25) is 5.91 Å². The largest absolute Gasteiger partial charge is 0.435 e. The molecule has 1 aromatic rings. The van der Waals surface area contributed by atoms with Crippen LogP contribution < -0.4 is 0 Å². The number of rotatable bonds is 2. The molecule has 0 aromatic carbocycles. The molecule has 0 N–H and O–H groups in total. The van der Waals surface area contributed by atoms with Crippen LogP contribution in [0.5, 0.6) is 0 Å². The Morgan fingerprint density at radius 2 is 1.80 bits per heavy atom. The van der Waals surface area contributed by atoms with Crippen molar-refractivity contribution >= 4 is 11.8 Å². The highest BCUT2D eigenvalue weighted by atomic mass is 19.4. The van der Waals surface area contributed by atoms with Gasteiger partial charge in [0.1, 0.15) is 11.7 Å². The third-order valence-electron chi connectivity index (χ3n) is 4.86. The zero-order valence-corrected chi connectivity index (χ0v) is 14.1. The zero-order valence-electron chi connectivity index (χ0n) is 14.1. The summed E-state index contributed by atoms with van der Waals surface area (Å²) in [7, 11) is 1.31. The van der Waals surface area contributed by atoms with Gasteiger partial charge < -0.3 is 9.80 Å². The monoisotopic (exact) mass is 358 g/mol. The quantitative estimate of drug-likeness (QED) is 0.813. The number of piperidine rings is 1. The minimum absolute atomic E-state index is 0.0937. The van der Waals surface area contributed by atoms with Gasteiger partial charge in [0, 0.05) is 32.7 Å². The number of likely N-dealkylation sites (tertiary alicyclic amines) is 2. The number of nitrogens with zero attached hydrogens (tertiary/aromatic N) is 4. The number of aryl methyl sites for hydroxylation is 1. The molecule has 1 aromatic heterocycles. The van der Waals surface area contributed by atoms with Crippen LogP contribution in [-0.4, -0.2) is 57.1 Å². The van der Waals surface area contributed by atoms with Crippen molar-refractivity contribution in [1.29, 1.82) is 0 Å². The third-order valence-corrected chi connectivity index (χ3v) is 4.86. The van der Waals surface area contributed by atoms with Crippen molar-refractivity contribution in [2.24, 2.45) is 7.05 Å². The van der Waals surface area contributed by atoms with E-state index in [2.05, 4.69) is 5.10 Å². The van der Waals surface area contributed by atoms with E-state index in [1.165, 1.54) is 11.9 Å². The van der Waals surface area contributed by atoms with Crippen LogP contribution in [0.3, 0.4) is 0 Å². The Hall–Kier alpha value is -2.06. The van der Waals surface area contributed by atoms with Crippen molar-refractivity contribution in [3.05, 3.63) is 17.5 Å². The van der Waals surface area contributed by atoms with Crippen LogP contribution in [0.15, 0.2) is 6.07 Å². The van der Waals surface area contributed by atoms with E-state index in [0.29, 0.717) is 32.5 Å². The molecule has 0 aliphatic carbocycles.